The summed E-state index contributed by atoms with van der Waals surface area (Å²) in [6.07, 6.45) is 7.63. The van der Waals surface area contributed by atoms with Crippen molar-refractivity contribution in [2.75, 3.05) is 18.6 Å². The van der Waals surface area contributed by atoms with Gasteiger partial charge in [0, 0.05) is 35.4 Å². The van der Waals surface area contributed by atoms with Crippen LogP contribution < -0.4 is 5.32 Å². The highest BCUT2D eigenvalue weighted by Gasteiger charge is 2.19. The first kappa shape index (κ1) is 14.1. The number of aliphatic hydroxyl groups is 1. The maximum absolute atomic E-state index is 11.0. The lowest BCUT2D eigenvalue weighted by Gasteiger charge is -2.18. The normalized spacial score (nSPS) is 23.2. The lowest BCUT2D eigenvalue weighted by atomic mass is 10.00. The van der Waals surface area contributed by atoms with Crippen LogP contribution in [0, 0.1) is 5.92 Å². The highest BCUT2D eigenvalue weighted by molar-refractivity contribution is 7.84. The molecule has 3 unspecified atom stereocenters. The second-order valence-electron chi connectivity index (χ2n) is 5.09. The van der Waals surface area contributed by atoms with Crippen molar-refractivity contribution in [3.8, 4) is 0 Å². The molecule has 4 heteroatoms. The molecule has 16 heavy (non-hydrogen) atoms. The van der Waals surface area contributed by atoms with Crippen LogP contribution >= 0.6 is 0 Å². The number of rotatable bonds is 7. The first-order chi connectivity index (χ1) is 7.58. The molecule has 0 saturated heterocycles. The summed E-state index contributed by atoms with van der Waals surface area (Å²) < 4.78 is 11.0. The maximum Gasteiger partial charge on any atom is 0.0667 e. The Morgan fingerprint density at radius 2 is 2.06 bits per heavy atom. The van der Waals surface area contributed by atoms with Crippen molar-refractivity contribution in [2.45, 2.75) is 51.2 Å². The van der Waals surface area contributed by atoms with Gasteiger partial charge in [-0.05, 0) is 19.3 Å². The molecule has 2 N–H and O–H groups in total. The predicted octanol–water partition coefficient (Wildman–Crippen LogP) is 1.28. The molecule has 0 spiro atoms. The summed E-state index contributed by atoms with van der Waals surface area (Å²) in [6, 6.07) is 0.226. The number of hydrogen-bond acceptors (Lipinski definition) is 3. The van der Waals surface area contributed by atoms with Crippen LogP contribution in [0.25, 0.3) is 0 Å². The van der Waals surface area contributed by atoms with E-state index in [9.17, 15) is 9.32 Å². The van der Waals surface area contributed by atoms with E-state index in [-0.39, 0.29) is 12.1 Å². The van der Waals surface area contributed by atoms with Crippen LogP contribution in [0.15, 0.2) is 0 Å². The third-order valence-corrected chi connectivity index (χ3v) is 4.24. The Morgan fingerprint density at radius 3 is 2.62 bits per heavy atom. The van der Waals surface area contributed by atoms with Crippen molar-refractivity contribution in [3.05, 3.63) is 0 Å². The van der Waals surface area contributed by atoms with E-state index in [1.165, 1.54) is 25.7 Å². The molecular formula is C12H25NO2S. The van der Waals surface area contributed by atoms with E-state index < -0.39 is 10.8 Å². The van der Waals surface area contributed by atoms with E-state index >= 15 is 0 Å². The fourth-order valence-electron chi connectivity index (χ4n) is 2.46. The van der Waals surface area contributed by atoms with Crippen LogP contribution in [-0.4, -0.2) is 40.0 Å². The molecule has 1 aliphatic carbocycles. The molecule has 1 rings (SSSR count). The molecule has 3 nitrogen and oxygen atoms in total. The summed E-state index contributed by atoms with van der Waals surface area (Å²) in [5, 5.41) is 13.1. The largest absolute Gasteiger partial charge is 0.392 e. The smallest absolute Gasteiger partial charge is 0.0667 e. The van der Waals surface area contributed by atoms with Gasteiger partial charge in [-0.15, -0.1) is 0 Å². The maximum atomic E-state index is 11.0. The van der Waals surface area contributed by atoms with Crippen molar-refractivity contribution in [3.63, 3.8) is 0 Å². The predicted molar refractivity (Wildman–Crippen MR) is 69.0 cm³/mol. The van der Waals surface area contributed by atoms with Gasteiger partial charge in [-0.1, -0.05) is 25.7 Å². The Balaban J connectivity index is 2.08. The van der Waals surface area contributed by atoms with Gasteiger partial charge in [0.05, 0.1) is 6.10 Å². The van der Waals surface area contributed by atoms with E-state index in [1.54, 1.807) is 6.26 Å². The average Bonchev–Trinajstić information content (AvgIpc) is 2.66. The third-order valence-electron chi connectivity index (χ3n) is 3.27. The standard InChI is InChI=1S/C12H25NO2S/c1-10(9-16(2)15)13-8-12(14)7-11-5-3-4-6-11/h10-14H,3-9H2,1-2H3. The molecule has 3 atom stereocenters. The van der Waals surface area contributed by atoms with Crippen LogP contribution in [0.4, 0.5) is 0 Å². The Kier molecular flexibility index (Phi) is 6.54. The van der Waals surface area contributed by atoms with Crippen molar-refractivity contribution >= 4 is 10.8 Å². The molecule has 1 aliphatic rings. The van der Waals surface area contributed by atoms with Crippen LogP contribution in [0.2, 0.25) is 0 Å². The molecule has 1 saturated carbocycles. The zero-order chi connectivity index (χ0) is 12.0. The van der Waals surface area contributed by atoms with Gasteiger partial charge in [-0.25, -0.2) is 0 Å². The van der Waals surface area contributed by atoms with Crippen molar-refractivity contribution < 1.29 is 9.32 Å². The summed E-state index contributed by atoms with van der Waals surface area (Å²) >= 11 is 0. The molecule has 0 bridgehead atoms. The van der Waals surface area contributed by atoms with E-state index in [0.717, 1.165) is 12.3 Å². The average molecular weight is 247 g/mol. The third kappa shape index (κ3) is 5.97. The molecule has 1 fully saturated rings. The van der Waals surface area contributed by atoms with Gasteiger partial charge in [-0.2, -0.15) is 0 Å². The molecule has 96 valence electrons. The zero-order valence-electron chi connectivity index (χ0n) is 10.4. The minimum Gasteiger partial charge on any atom is -0.392 e. The molecule has 0 aliphatic heterocycles. The monoisotopic (exact) mass is 247 g/mol. The summed E-state index contributed by atoms with van der Waals surface area (Å²) in [6.45, 7) is 2.65. The highest BCUT2D eigenvalue weighted by atomic mass is 32.2. The molecule has 0 heterocycles. The molecule has 0 radical (unpaired) electrons. The molecule has 0 aromatic heterocycles. The minimum absolute atomic E-state index is 0.226. The number of hydrogen-bond donors (Lipinski definition) is 2. The summed E-state index contributed by atoms with van der Waals surface area (Å²) in [5.74, 6) is 1.39. The van der Waals surface area contributed by atoms with E-state index in [2.05, 4.69) is 5.32 Å². The van der Waals surface area contributed by atoms with Crippen molar-refractivity contribution in [1.82, 2.24) is 5.32 Å². The Bertz CT molecular complexity index is 217. The van der Waals surface area contributed by atoms with Crippen LogP contribution in [0.5, 0.6) is 0 Å². The van der Waals surface area contributed by atoms with Gasteiger partial charge >= 0.3 is 0 Å². The number of nitrogens with one attached hydrogen (secondary N) is 1. The molecule has 0 amide bonds. The number of aliphatic hydroxyl groups excluding tert-OH is 1. The topological polar surface area (TPSA) is 49.3 Å². The molecule has 0 aromatic rings. The van der Waals surface area contributed by atoms with Crippen LogP contribution in [-0.2, 0) is 10.8 Å². The second kappa shape index (κ2) is 7.41. The molecule has 0 aromatic carbocycles. The van der Waals surface area contributed by atoms with Crippen molar-refractivity contribution in [2.24, 2.45) is 5.92 Å². The van der Waals surface area contributed by atoms with Gasteiger partial charge in [0.25, 0.3) is 0 Å². The Morgan fingerprint density at radius 1 is 1.44 bits per heavy atom. The van der Waals surface area contributed by atoms with Crippen molar-refractivity contribution in [1.29, 1.82) is 0 Å². The first-order valence-corrected chi connectivity index (χ1v) is 8.02. The zero-order valence-corrected chi connectivity index (χ0v) is 11.3. The van der Waals surface area contributed by atoms with Crippen LogP contribution in [0.3, 0.4) is 0 Å². The minimum atomic E-state index is -0.758. The Labute approximate surface area is 101 Å². The van der Waals surface area contributed by atoms with Crippen LogP contribution in [0.1, 0.15) is 39.0 Å². The lowest BCUT2D eigenvalue weighted by molar-refractivity contribution is 0.138. The van der Waals surface area contributed by atoms with E-state index in [1.807, 2.05) is 6.92 Å². The summed E-state index contributed by atoms with van der Waals surface area (Å²) in [4.78, 5) is 0. The van der Waals surface area contributed by atoms with E-state index in [0.29, 0.717) is 12.3 Å². The van der Waals surface area contributed by atoms with Gasteiger partial charge in [0.2, 0.25) is 0 Å². The lowest BCUT2D eigenvalue weighted by Crippen LogP contribution is -2.37. The SMILES string of the molecule is CC(CS(C)=O)NCC(O)CC1CCCC1. The van der Waals surface area contributed by atoms with Gasteiger partial charge in [0.15, 0.2) is 0 Å². The summed E-state index contributed by atoms with van der Waals surface area (Å²) in [7, 11) is -0.758. The Hall–Kier alpha value is 0.0700. The quantitative estimate of drug-likeness (QED) is 0.712. The molecular weight excluding hydrogens is 222 g/mol. The fourth-order valence-corrected chi connectivity index (χ4v) is 3.28. The highest BCUT2D eigenvalue weighted by Crippen LogP contribution is 2.28. The van der Waals surface area contributed by atoms with Gasteiger partial charge in [-0.3, -0.25) is 4.21 Å². The van der Waals surface area contributed by atoms with E-state index in [4.69, 9.17) is 0 Å². The van der Waals surface area contributed by atoms with Gasteiger partial charge in [0.1, 0.15) is 0 Å². The van der Waals surface area contributed by atoms with Gasteiger partial charge < -0.3 is 10.4 Å². The fraction of sp³-hybridized carbons (Fsp3) is 1.00. The second-order valence-corrected chi connectivity index (χ2v) is 6.57. The first-order valence-electron chi connectivity index (χ1n) is 6.29. The summed E-state index contributed by atoms with van der Waals surface area (Å²) in [5.41, 5.74) is 0.